The third-order valence-corrected chi connectivity index (χ3v) is 3.20. The predicted molar refractivity (Wildman–Crippen MR) is 93.9 cm³/mol. The van der Waals surface area contributed by atoms with Gasteiger partial charge in [-0.25, -0.2) is 0 Å². The number of likely N-dealkylation sites (N-methyl/N-ethyl adjacent to an activating group) is 1. The summed E-state index contributed by atoms with van der Waals surface area (Å²) >= 11 is 5.97. The van der Waals surface area contributed by atoms with E-state index in [1.807, 2.05) is 13.8 Å². The summed E-state index contributed by atoms with van der Waals surface area (Å²) in [5.74, 6) is -0.865. The summed E-state index contributed by atoms with van der Waals surface area (Å²) in [5.41, 5.74) is 0.521. The molecule has 0 aromatic heterocycles. The van der Waals surface area contributed by atoms with Crippen molar-refractivity contribution in [2.24, 2.45) is 0 Å². The SMILES string of the molecule is CC(C)NC(=O)CNC(=O)CN(C)CC(=O)Nc1ccccc1Cl. The highest BCUT2D eigenvalue weighted by atomic mass is 35.5. The van der Waals surface area contributed by atoms with E-state index in [4.69, 9.17) is 11.6 Å². The first-order valence-corrected chi connectivity index (χ1v) is 7.94. The van der Waals surface area contributed by atoms with Crippen LogP contribution in [0.1, 0.15) is 13.8 Å². The van der Waals surface area contributed by atoms with Crippen molar-refractivity contribution in [2.75, 3.05) is 32.0 Å². The largest absolute Gasteiger partial charge is 0.352 e. The van der Waals surface area contributed by atoms with Gasteiger partial charge >= 0.3 is 0 Å². The van der Waals surface area contributed by atoms with Gasteiger partial charge in [0.15, 0.2) is 0 Å². The highest BCUT2D eigenvalue weighted by molar-refractivity contribution is 6.33. The van der Waals surface area contributed by atoms with Crippen LogP contribution in [-0.4, -0.2) is 55.3 Å². The summed E-state index contributed by atoms with van der Waals surface area (Å²) in [7, 11) is 1.64. The molecule has 0 heterocycles. The molecule has 132 valence electrons. The van der Waals surface area contributed by atoms with Crippen molar-refractivity contribution >= 4 is 35.0 Å². The Morgan fingerprint density at radius 2 is 1.71 bits per heavy atom. The zero-order valence-electron chi connectivity index (χ0n) is 14.1. The van der Waals surface area contributed by atoms with Crippen LogP contribution in [0.2, 0.25) is 5.02 Å². The van der Waals surface area contributed by atoms with E-state index in [0.717, 1.165) is 0 Å². The monoisotopic (exact) mass is 354 g/mol. The summed E-state index contributed by atoms with van der Waals surface area (Å²) in [6.07, 6.45) is 0. The number of nitrogens with zero attached hydrogens (tertiary/aromatic N) is 1. The third kappa shape index (κ3) is 7.94. The highest BCUT2D eigenvalue weighted by Crippen LogP contribution is 2.20. The van der Waals surface area contributed by atoms with Gasteiger partial charge in [-0.15, -0.1) is 0 Å². The van der Waals surface area contributed by atoms with E-state index in [0.29, 0.717) is 10.7 Å². The standard InChI is InChI=1S/C16H23ClN4O3/c1-11(2)19-14(22)8-18-15(23)9-21(3)10-16(24)20-13-7-5-4-6-12(13)17/h4-7,11H,8-10H2,1-3H3,(H,18,23)(H,19,22)(H,20,24). The van der Waals surface area contributed by atoms with Gasteiger partial charge in [-0.05, 0) is 33.0 Å². The molecule has 0 aliphatic rings. The molecule has 1 aromatic carbocycles. The lowest BCUT2D eigenvalue weighted by molar-refractivity contribution is -0.127. The van der Waals surface area contributed by atoms with Gasteiger partial charge in [0.2, 0.25) is 17.7 Å². The topological polar surface area (TPSA) is 90.5 Å². The summed E-state index contributed by atoms with van der Waals surface area (Å²) in [5, 5.41) is 8.30. The lowest BCUT2D eigenvalue weighted by Gasteiger charge is -2.16. The second-order valence-electron chi connectivity index (χ2n) is 5.70. The first-order valence-electron chi connectivity index (χ1n) is 7.57. The van der Waals surface area contributed by atoms with Crippen molar-refractivity contribution in [3.63, 3.8) is 0 Å². The Bertz CT molecular complexity index is 592. The van der Waals surface area contributed by atoms with Gasteiger partial charge in [-0.1, -0.05) is 23.7 Å². The van der Waals surface area contributed by atoms with E-state index >= 15 is 0 Å². The second kappa shape index (κ2) is 9.89. The van der Waals surface area contributed by atoms with E-state index in [9.17, 15) is 14.4 Å². The Morgan fingerprint density at radius 1 is 1.08 bits per heavy atom. The molecular formula is C16H23ClN4O3. The van der Waals surface area contributed by atoms with Gasteiger partial charge in [0, 0.05) is 6.04 Å². The molecule has 8 heteroatoms. The minimum absolute atomic E-state index is 0.00486. The number of anilines is 1. The van der Waals surface area contributed by atoms with Gasteiger partial charge in [-0.2, -0.15) is 0 Å². The molecular weight excluding hydrogens is 332 g/mol. The molecule has 0 saturated heterocycles. The predicted octanol–water partition coefficient (Wildman–Crippen LogP) is 0.851. The maximum Gasteiger partial charge on any atom is 0.239 e. The van der Waals surface area contributed by atoms with E-state index in [-0.39, 0.29) is 43.4 Å². The molecule has 0 unspecified atom stereocenters. The van der Waals surface area contributed by atoms with E-state index in [1.165, 1.54) is 0 Å². The number of hydrogen-bond donors (Lipinski definition) is 3. The molecule has 0 fully saturated rings. The van der Waals surface area contributed by atoms with Crippen LogP contribution in [0.4, 0.5) is 5.69 Å². The zero-order valence-corrected chi connectivity index (χ0v) is 14.8. The summed E-state index contributed by atoms with van der Waals surface area (Å²) in [6, 6.07) is 6.92. The molecule has 0 bridgehead atoms. The number of halogens is 1. The number of para-hydroxylation sites is 1. The normalized spacial score (nSPS) is 10.6. The molecule has 3 N–H and O–H groups in total. The highest BCUT2D eigenvalue weighted by Gasteiger charge is 2.13. The molecule has 1 rings (SSSR count). The molecule has 0 radical (unpaired) electrons. The Hall–Kier alpha value is -2.12. The maximum absolute atomic E-state index is 11.9. The fourth-order valence-electron chi connectivity index (χ4n) is 1.91. The Balaban J connectivity index is 2.33. The molecule has 0 spiro atoms. The average molecular weight is 355 g/mol. The van der Waals surface area contributed by atoms with Crippen molar-refractivity contribution in [1.29, 1.82) is 0 Å². The van der Waals surface area contributed by atoms with Crippen LogP contribution >= 0.6 is 11.6 Å². The summed E-state index contributed by atoms with van der Waals surface area (Å²) in [4.78, 5) is 36.7. The van der Waals surface area contributed by atoms with Crippen LogP contribution in [-0.2, 0) is 14.4 Å². The second-order valence-corrected chi connectivity index (χ2v) is 6.11. The first kappa shape index (κ1) is 19.9. The Kier molecular flexibility index (Phi) is 8.21. The number of rotatable bonds is 8. The summed E-state index contributed by atoms with van der Waals surface area (Å²) in [6.45, 7) is 3.62. The van der Waals surface area contributed by atoms with E-state index in [2.05, 4.69) is 16.0 Å². The van der Waals surface area contributed by atoms with Crippen LogP contribution in [0.15, 0.2) is 24.3 Å². The number of benzene rings is 1. The summed E-state index contributed by atoms with van der Waals surface area (Å²) < 4.78 is 0. The smallest absolute Gasteiger partial charge is 0.239 e. The van der Waals surface area contributed by atoms with Crippen LogP contribution < -0.4 is 16.0 Å². The fourth-order valence-corrected chi connectivity index (χ4v) is 2.09. The van der Waals surface area contributed by atoms with Gasteiger partial charge in [0.1, 0.15) is 0 Å². The van der Waals surface area contributed by atoms with Crippen molar-refractivity contribution in [2.45, 2.75) is 19.9 Å². The van der Waals surface area contributed by atoms with Gasteiger partial charge in [-0.3, -0.25) is 19.3 Å². The quantitative estimate of drug-likeness (QED) is 0.645. The Labute approximate surface area is 146 Å². The number of hydrogen-bond acceptors (Lipinski definition) is 4. The molecule has 0 aliphatic carbocycles. The van der Waals surface area contributed by atoms with E-state index in [1.54, 1.807) is 36.2 Å². The third-order valence-electron chi connectivity index (χ3n) is 2.87. The number of carbonyl (C=O) groups excluding carboxylic acids is 3. The van der Waals surface area contributed by atoms with Crippen LogP contribution in [0.3, 0.4) is 0 Å². The van der Waals surface area contributed by atoms with Gasteiger partial charge in [0.25, 0.3) is 0 Å². The van der Waals surface area contributed by atoms with Crippen molar-refractivity contribution < 1.29 is 14.4 Å². The van der Waals surface area contributed by atoms with Crippen LogP contribution in [0.5, 0.6) is 0 Å². The van der Waals surface area contributed by atoms with E-state index < -0.39 is 0 Å². The first-order chi connectivity index (χ1) is 11.3. The maximum atomic E-state index is 11.9. The van der Waals surface area contributed by atoms with Crippen molar-refractivity contribution in [3.8, 4) is 0 Å². The molecule has 24 heavy (non-hydrogen) atoms. The lowest BCUT2D eigenvalue weighted by atomic mass is 10.3. The average Bonchev–Trinajstić information content (AvgIpc) is 2.46. The molecule has 7 nitrogen and oxygen atoms in total. The zero-order chi connectivity index (χ0) is 18.1. The molecule has 1 aromatic rings. The van der Waals surface area contributed by atoms with Gasteiger partial charge < -0.3 is 16.0 Å². The molecule has 0 saturated carbocycles. The van der Waals surface area contributed by atoms with Crippen molar-refractivity contribution in [1.82, 2.24) is 15.5 Å². The number of nitrogens with one attached hydrogen (secondary N) is 3. The number of amides is 3. The minimum Gasteiger partial charge on any atom is -0.352 e. The molecule has 3 amide bonds. The molecule has 0 atom stereocenters. The van der Waals surface area contributed by atoms with Crippen molar-refractivity contribution in [3.05, 3.63) is 29.3 Å². The Morgan fingerprint density at radius 3 is 2.33 bits per heavy atom. The molecule has 0 aliphatic heterocycles. The number of carbonyl (C=O) groups is 3. The lowest BCUT2D eigenvalue weighted by Crippen LogP contribution is -2.44. The van der Waals surface area contributed by atoms with Gasteiger partial charge in [0.05, 0.1) is 30.3 Å². The van der Waals surface area contributed by atoms with Crippen LogP contribution in [0, 0.1) is 0 Å². The van der Waals surface area contributed by atoms with Crippen LogP contribution in [0.25, 0.3) is 0 Å². The fraction of sp³-hybridized carbons (Fsp3) is 0.438. The minimum atomic E-state index is -0.332.